The molecule has 0 aliphatic rings. The van der Waals surface area contributed by atoms with Gasteiger partial charge in [-0.05, 0) is 13.8 Å². The molecule has 0 aliphatic carbocycles. The lowest BCUT2D eigenvalue weighted by atomic mass is 10.1. The number of benzene rings is 1. The second-order valence-corrected chi connectivity index (χ2v) is 5.03. The Morgan fingerprint density at radius 1 is 1.35 bits per heavy atom. The number of hydrogen-bond donors (Lipinski definition) is 1. The van der Waals surface area contributed by atoms with Crippen molar-refractivity contribution < 1.29 is 0 Å². The maximum atomic E-state index is 8.71. The second-order valence-electron chi connectivity index (χ2n) is 3.72. The Labute approximate surface area is 104 Å². The summed E-state index contributed by atoms with van der Waals surface area (Å²) >= 11 is 1.35. The second kappa shape index (κ2) is 5.02. The summed E-state index contributed by atoms with van der Waals surface area (Å²) in [7, 11) is 0. The van der Waals surface area contributed by atoms with Crippen LogP contribution < -0.4 is 0 Å². The molecule has 5 heteroatoms. The van der Waals surface area contributed by atoms with E-state index in [1.165, 1.54) is 17.3 Å². The molecule has 1 aromatic heterocycles. The zero-order chi connectivity index (χ0) is 12.3. The number of nitriles is 1. The first kappa shape index (κ1) is 11.7. The third kappa shape index (κ3) is 2.86. The van der Waals surface area contributed by atoms with E-state index in [0.29, 0.717) is 5.16 Å². The van der Waals surface area contributed by atoms with E-state index in [-0.39, 0.29) is 5.25 Å². The highest BCUT2D eigenvalue weighted by atomic mass is 32.2. The van der Waals surface area contributed by atoms with Crippen LogP contribution in [0.3, 0.4) is 0 Å². The van der Waals surface area contributed by atoms with Gasteiger partial charge in [-0.2, -0.15) is 5.26 Å². The zero-order valence-electron chi connectivity index (χ0n) is 9.64. The maximum Gasteiger partial charge on any atom is 0.210 e. The normalized spacial score (nSPS) is 12.1. The van der Waals surface area contributed by atoms with Crippen molar-refractivity contribution in [2.75, 3.05) is 0 Å². The van der Waals surface area contributed by atoms with E-state index < -0.39 is 0 Å². The summed E-state index contributed by atoms with van der Waals surface area (Å²) in [6.45, 7) is 3.87. The number of hydrogen-bond acceptors (Lipinski definition) is 4. The van der Waals surface area contributed by atoms with Gasteiger partial charge in [0, 0.05) is 5.56 Å². The number of aromatic amines is 1. The van der Waals surface area contributed by atoms with Crippen LogP contribution >= 0.6 is 11.8 Å². The minimum absolute atomic E-state index is 0.142. The summed E-state index contributed by atoms with van der Waals surface area (Å²) in [4.78, 5) is 4.34. The molecule has 1 N–H and O–H groups in total. The van der Waals surface area contributed by atoms with Gasteiger partial charge in [-0.15, -0.1) is 5.10 Å². The van der Waals surface area contributed by atoms with E-state index >= 15 is 0 Å². The predicted octanol–water partition coefficient (Wildman–Crippen LogP) is 2.78. The molecule has 0 unspecified atom stereocenters. The topological polar surface area (TPSA) is 65.4 Å². The first-order valence-corrected chi connectivity index (χ1v) is 6.12. The number of aromatic nitrogens is 3. The van der Waals surface area contributed by atoms with Crippen molar-refractivity contribution in [1.82, 2.24) is 15.2 Å². The molecule has 1 atom stereocenters. The molecule has 0 saturated carbocycles. The number of H-pyrrole nitrogens is 1. The molecule has 2 aromatic rings. The summed E-state index contributed by atoms with van der Waals surface area (Å²) in [5, 5.41) is 16.1. The Hall–Kier alpha value is -1.80. The van der Waals surface area contributed by atoms with Crippen LogP contribution in [-0.4, -0.2) is 20.4 Å². The van der Waals surface area contributed by atoms with Crippen molar-refractivity contribution in [3.05, 3.63) is 29.8 Å². The molecule has 0 bridgehead atoms. The van der Waals surface area contributed by atoms with Gasteiger partial charge in [0.1, 0.15) is 0 Å². The number of nitrogens with one attached hydrogen (secondary N) is 1. The molecular weight excluding hydrogens is 232 g/mol. The third-order valence-corrected chi connectivity index (χ3v) is 3.11. The van der Waals surface area contributed by atoms with Gasteiger partial charge >= 0.3 is 0 Å². The molecule has 1 aromatic carbocycles. The van der Waals surface area contributed by atoms with Crippen LogP contribution in [0.15, 0.2) is 29.4 Å². The molecule has 0 amide bonds. The number of rotatable bonds is 3. The number of aryl methyl sites for hydroxylation is 1. The molecule has 0 aliphatic heterocycles. The molecule has 0 radical (unpaired) electrons. The molecule has 17 heavy (non-hydrogen) atoms. The molecule has 0 saturated heterocycles. The summed E-state index contributed by atoms with van der Waals surface area (Å²) in [6.07, 6.45) is 0. The van der Waals surface area contributed by atoms with E-state index in [0.717, 1.165) is 11.4 Å². The molecule has 4 nitrogen and oxygen atoms in total. The smallest absolute Gasteiger partial charge is 0.210 e. The standard InChI is InChI=1S/C12H12N4S/c1-8-3-5-10(6-4-8)11-14-12(16-15-11)17-9(2)7-13/h3-6,9H,1-2H3,(H,14,15,16)/t9-/m0/s1. The van der Waals surface area contributed by atoms with Crippen LogP contribution in [0.5, 0.6) is 0 Å². The van der Waals surface area contributed by atoms with Crippen LogP contribution in [-0.2, 0) is 0 Å². The minimum atomic E-state index is -0.142. The lowest BCUT2D eigenvalue weighted by Crippen LogP contribution is -1.90. The van der Waals surface area contributed by atoms with Gasteiger partial charge in [0.2, 0.25) is 5.16 Å². The monoisotopic (exact) mass is 244 g/mol. The quantitative estimate of drug-likeness (QED) is 0.843. The molecule has 0 spiro atoms. The number of thioether (sulfide) groups is 1. The highest BCUT2D eigenvalue weighted by molar-refractivity contribution is 8.00. The van der Waals surface area contributed by atoms with Crippen molar-refractivity contribution in [3.63, 3.8) is 0 Å². The zero-order valence-corrected chi connectivity index (χ0v) is 10.5. The Bertz CT molecular complexity index is 538. The Balaban J connectivity index is 2.18. The first-order chi connectivity index (χ1) is 8.19. The van der Waals surface area contributed by atoms with Crippen LogP contribution in [0, 0.1) is 18.3 Å². The van der Waals surface area contributed by atoms with Gasteiger partial charge in [-0.1, -0.05) is 41.6 Å². The van der Waals surface area contributed by atoms with Gasteiger partial charge in [0.15, 0.2) is 5.82 Å². The average Bonchev–Trinajstić information content (AvgIpc) is 2.78. The average molecular weight is 244 g/mol. The van der Waals surface area contributed by atoms with Crippen molar-refractivity contribution >= 4 is 11.8 Å². The minimum Gasteiger partial charge on any atom is -0.258 e. The summed E-state index contributed by atoms with van der Waals surface area (Å²) in [5.74, 6) is 0.734. The Morgan fingerprint density at radius 3 is 2.71 bits per heavy atom. The van der Waals surface area contributed by atoms with E-state index in [1.54, 1.807) is 0 Å². The summed E-state index contributed by atoms with van der Waals surface area (Å²) in [5.41, 5.74) is 2.21. The van der Waals surface area contributed by atoms with Gasteiger partial charge in [-0.3, -0.25) is 5.10 Å². The van der Waals surface area contributed by atoms with Gasteiger partial charge in [-0.25, -0.2) is 4.98 Å². The van der Waals surface area contributed by atoms with Gasteiger partial charge in [0.25, 0.3) is 0 Å². The van der Waals surface area contributed by atoms with Crippen molar-refractivity contribution in [1.29, 1.82) is 5.26 Å². The largest absolute Gasteiger partial charge is 0.258 e. The lowest BCUT2D eigenvalue weighted by molar-refractivity contribution is 0.969. The first-order valence-electron chi connectivity index (χ1n) is 5.25. The Morgan fingerprint density at radius 2 is 2.06 bits per heavy atom. The highest BCUT2D eigenvalue weighted by Gasteiger charge is 2.09. The molecule has 0 fully saturated rings. The fraction of sp³-hybridized carbons (Fsp3) is 0.250. The maximum absolute atomic E-state index is 8.71. The SMILES string of the molecule is Cc1ccc(-c2nc(S[C@@H](C)C#N)n[nH]2)cc1. The van der Waals surface area contributed by atoms with Crippen LogP contribution in [0.1, 0.15) is 12.5 Å². The van der Waals surface area contributed by atoms with Gasteiger partial charge < -0.3 is 0 Å². The van der Waals surface area contributed by atoms with Crippen LogP contribution in [0.2, 0.25) is 0 Å². The molecule has 86 valence electrons. The summed E-state index contributed by atoms with van der Waals surface area (Å²) in [6, 6.07) is 10.2. The summed E-state index contributed by atoms with van der Waals surface area (Å²) < 4.78 is 0. The molecule has 2 rings (SSSR count). The predicted molar refractivity (Wildman–Crippen MR) is 67.5 cm³/mol. The third-order valence-electron chi connectivity index (χ3n) is 2.25. The van der Waals surface area contributed by atoms with Crippen LogP contribution in [0.25, 0.3) is 11.4 Å². The Kier molecular flexibility index (Phi) is 3.45. The van der Waals surface area contributed by atoms with E-state index in [2.05, 4.69) is 21.3 Å². The highest BCUT2D eigenvalue weighted by Crippen LogP contribution is 2.22. The molecular formula is C12H12N4S. The molecule has 1 heterocycles. The van der Waals surface area contributed by atoms with E-state index in [9.17, 15) is 0 Å². The van der Waals surface area contributed by atoms with Crippen molar-refractivity contribution in [2.24, 2.45) is 0 Å². The number of nitrogens with zero attached hydrogens (tertiary/aromatic N) is 3. The van der Waals surface area contributed by atoms with Crippen molar-refractivity contribution in [3.8, 4) is 17.5 Å². The van der Waals surface area contributed by atoms with E-state index in [4.69, 9.17) is 5.26 Å². The van der Waals surface area contributed by atoms with Crippen LogP contribution in [0.4, 0.5) is 0 Å². The fourth-order valence-corrected chi connectivity index (χ4v) is 1.94. The fourth-order valence-electron chi connectivity index (χ4n) is 1.32. The van der Waals surface area contributed by atoms with Gasteiger partial charge in [0.05, 0.1) is 11.3 Å². The lowest BCUT2D eigenvalue weighted by Gasteiger charge is -1.96. The van der Waals surface area contributed by atoms with Crippen molar-refractivity contribution in [2.45, 2.75) is 24.3 Å². The van der Waals surface area contributed by atoms with E-state index in [1.807, 2.05) is 38.1 Å².